The Morgan fingerprint density at radius 3 is 2.23 bits per heavy atom. The van der Waals surface area contributed by atoms with Crippen molar-refractivity contribution < 1.29 is 4.74 Å². The maximum Gasteiger partial charge on any atom is 0.193 e. The van der Waals surface area contributed by atoms with Crippen molar-refractivity contribution in [3.05, 3.63) is 35.4 Å². The molecule has 2 fully saturated rings. The van der Waals surface area contributed by atoms with Gasteiger partial charge < -0.3 is 19.9 Å². The number of aliphatic imine (C=N–C) groups is 1. The summed E-state index contributed by atoms with van der Waals surface area (Å²) < 4.78 is 5.60. The highest BCUT2D eigenvalue weighted by Gasteiger charge is 2.35. The standard InChI is InChI=1S/C24H41N5O.HI/c1-20(2)22-8-6-21(7-9-22)18-28-12-14-29(15-13-28)23(25-3)26-19-24(27(4)5)10-16-30-17-11-24;/h6-9,20H,10-19H2,1-5H3,(H,25,26);1H. The molecule has 2 aliphatic rings. The molecule has 0 amide bonds. The van der Waals surface area contributed by atoms with Gasteiger partial charge in [0, 0.05) is 65.1 Å². The summed E-state index contributed by atoms with van der Waals surface area (Å²) in [6, 6.07) is 9.13. The van der Waals surface area contributed by atoms with Crippen LogP contribution < -0.4 is 5.32 Å². The lowest BCUT2D eigenvalue weighted by Crippen LogP contribution is -2.59. The van der Waals surface area contributed by atoms with Gasteiger partial charge >= 0.3 is 0 Å². The molecule has 1 aromatic rings. The number of nitrogens with one attached hydrogen (secondary N) is 1. The summed E-state index contributed by atoms with van der Waals surface area (Å²) in [5.74, 6) is 1.62. The van der Waals surface area contributed by atoms with E-state index in [4.69, 9.17) is 4.74 Å². The van der Waals surface area contributed by atoms with E-state index in [1.807, 2.05) is 7.05 Å². The SMILES string of the molecule is CN=C(NCC1(N(C)C)CCOCC1)N1CCN(Cc2ccc(C(C)C)cc2)CC1.I. The van der Waals surface area contributed by atoms with Crippen molar-refractivity contribution in [1.29, 1.82) is 0 Å². The van der Waals surface area contributed by atoms with E-state index < -0.39 is 0 Å². The molecule has 1 N–H and O–H groups in total. The molecular formula is C24H42IN5O. The molecule has 0 atom stereocenters. The van der Waals surface area contributed by atoms with Gasteiger partial charge in [0.25, 0.3) is 0 Å². The first-order valence-electron chi connectivity index (χ1n) is 11.5. The summed E-state index contributed by atoms with van der Waals surface area (Å²) in [5, 5.41) is 3.67. The molecule has 0 saturated carbocycles. The Morgan fingerprint density at radius 2 is 1.71 bits per heavy atom. The molecule has 3 rings (SSSR count). The Bertz CT molecular complexity index is 678. The molecule has 0 radical (unpaired) electrons. The number of hydrogen-bond donors (Lipinski definition) is 1. The molecule has 2 saturated heterocycles. The lowest BCUT2D eigenvalue weighted by atomic mass is 9.88. The van der Waals surface area contributed by atoms with Crippen molar-refractivity contribution in [3.8, 4) is 0 Å². The largest absolute Gasteiger partial charge is 0.381 e. The van der Waals surface area contributed by atoms with Gasteiger partial charge in [-0.3, -0.25) is 9.89 Å². The van der Waals surface area contributed by atoms with Crippen LogP contribution in [0.4, 0.5) is 0 Å². The lowest BCUT2D eigenvalue weighted by molar-refractivity contribution is -0.00535. The first-order valence-corrected chi connectivity index (χ1v) is 11.5. The summed E-state index contributed by atoms with van der Waals surface area (Å²) >= 11 is 0. The normalized spacial score (nSPS) is 20.1. The van der Waals surface area contributed by atoms with E-state index in [0.29, 0.717) is 5.92 Å². The molecule has 0 unspecified atom stereocenters. The molecule has 7 heteroatoms. The maximum atomic E-state index is 5.60. The molecule has 6 nitrogen and oxygen atoms in total. The zero-order valence-electron chi connectivity index (χ0n) is 20.1. The second-order valence-electron chi connectivity index (χ2n) is 9.29. The first kappa shape index (κ1) is 26.4. The fourth-order valence-electron chi connectivity index (χ4n) is 4.49. The smallest absolute Gasteiger partial charge is 0.193 e. The second-order valence-corrected chi connectivity index (χ2v) is 9.29. The zero-order valence-corrected chi connectivity index (χ0v) is 22.4. The van der Waals surface area contributed by atoms with Gasteiger partial charge in [-0.15, -0.1) is 24.0 Å². The van der Waals surface area contributed by atoms with Gasteiger partial charge in [-0.1, -0.05) is 38.1 Å². The fourth-order valence-corrected chi connectivity index (χ4v) is 4.49. The van der Waals surface area contributed by atoms with Gasteiger partial charge in [-0.2, -0.15) is 0 Å². The Labute approximate surface area is 206 Å². The molecule has 2 heterocycles. The Hall–Kier alpha value is -0.900. The summed E-state index contributed by atoms with van der Waals surface area (Å²) in [5.41, 5.74) is 2.97. The Balaban J connectivity index is 0.00000341. The minimum absolute atomic E-state index is 0. The minimum Gasteiger partial charge on any atom is -0.381 e. The van der Waals surface area contributed by atoms with E-state index in [-0.39, 0.29) is 29.5 Å². The van der Waals surface area contributed by atoms with Crippen LogP contribution in [0.3, 0.4) is 0 Å². The molecule has 0 bridgehead atoms. The van der Waals surface area contributed by atoms with Gasteiger partial charge in [0.2, 0.25) is 0 Å². The molecule has 0 aliphatic carbocycles. The van der Waals surface area contributed by atoms with Crippen molar-refractivity contribution in [3.63, 3.8) is 0 Å². The quantitative estimate of drug-likeness (QED) is 0.339. The third-order valence-electron chi connectivity index (χ3n) is 6.88. The molecule has 1 aromatic carbocycles. The van der Waals surface area contributed by atoms with Crippen LogP contribution >= 0.6 is 24.0 Å². The van der Waals surface area contributed by atoms with Gasteiger partial charge in [0.05, 0.1) is 0 Å². The maximum absolute atomic E-state index is 5.60. The summed E-state index contributed by atoms with van der Waals surface area (Å²) in [7, 11) is 6.27. The van der Waals surface area contributed by atoms with Gasteiger partial charge in [-0.25, -0.2) is 0 Å². The second kappa shape index (κ2) is 12.4. The van der Waals surface area contributed by atoms with E-state index in [1.54, 1.807) is 0 Å². The van der Waals surface area contributed by atoms with Crippen molar-refractivity contribution in [2.45, 2.75) is 44.7 Å². The first-order chi connectivity index (χ1) is 14.4. The third kappa shape index (κ3) is 7.04. The molecule has 0 spiro atoms. The van der Waals surface area contributed by atoms with E-state index in [2.05, 4.69) is 77.2 Å². The zero-order chi connectivity index (χ0) is 21.6. The van der Waals surface area contributed by atoms with Crippen LogP contribution in [0, 0.1) is 0 Å². The lowest BCUT2D eigenvalue weighted by Gasteiger charge is -2.44. The van der Waals surface area contributed by atoms with Crippen LogP contribution in [-0.4, -0.2) is 93.3 Å². The number of likely N-dealkylation sites (N-methyl/N-ethyl adjacent to an activating group) is 1. The van der Waals surface area contributed by atoms with Gasteiger partial charge in [0.15, 0.2) is 5.96 Å². The van der Waals surface area contributed by atoms with E-state index >= 15 is 0 Å². The average molecular weight is 544 g/mol. The summed E-state index contributed by atoms with van der Waals surface area (Å²) in [6.45, 7) is 12.3. The predicted octanol–water partition coefficient (Wildman–Crippen LogP) is 3.23. The topological polar surface area (TPSA) is 43.3 Å². The minimum atomic E-state index is 0. The van der Waals surface area contributed by atoms with Crippen LogP contribution in [-0.2, 0) is 11.3 Å². The number of nitrogens with zero attached hydrogens (tertiary/aromatic N) is 4. The van der Waals surface area contributed by atoms with Gasteiger partial charge in [-0.05, 0) is 44.0 Å². The van der Waals surface area contributed by atoms with Crippen LogP contribution in [0.2, 0.25) is 0 Å². The van der Waals surface area contributed by atoms with Crippen LogP contribution in [0.15, 0.2) is 29.3 Å². The average Bonchev–Trinajstić information content (AvgIpc) is 2.76. The van der Waals surface area contributed by atoms with E-state index in [9.17, 15) is 0 Å². The molecule has 2 aliphatic heterocycles. The number of hydrogen-bond acceptors (Lipinski definition) is 4. The molecule has 176 valence electrons. The highest BCUT2D eigenvalue weighted by atomic mass is 127. The predicted molar refractivity (Wildman–Crippen MR) is 141 cm³/mol. The van der Waals surface area contributed by atoms with Crippen molar-refractivity contribution in [2.24, 2.45) is 4.99 Å². The van der Waals surface area contributed by atoms with E-state index in [0.717, 1.165) is 71.3 Å². The number of ether oxygens (including phenoxy) is 1. The monoisotopic (exact) mass is 543 g/mol. The number of rotatable bonds is 6. The van der Waals surface area contributed by atoms with Crippen LogP contribution in [0.5, 0.6) is 0 Å². The third-order valence-corrected chi connectivity index (χ3v) is 6.88. The summed E-state index contributed by atoms with van der Waals surface area (Å²) in [4.78, 5) is 11.9. The number of guanidine groups is 1. The van der Waals surface area contributed by atoms with Crippen molar-refractivity contribution >= 4 is 29.9 Å². The number of benzene rings is 1. The summed E-state index contributed by atoms with van der Waals surface area (Å²) in [6.07, 6.45) is 2.13. The molecule has 0 aromatic heterocycles. The fraction of sp³-hybridized carbons (Fsp3) is 0.708. The Kier molecular flexibility index (Phi) is 10.5. The van der Waals surface area contributed by atoms with Crippen LogP contribution in [0.1, 0.15) is 43.7 Å². The van der Waals surface area contributed by atoms with Crippen molar-refractivity contribution in [2.75, 3.05) is 67.1 Å². The Morgan fingerprint density at radius 1 is 1.10 bits per heavy atom. The molecular weight excluding hydrogens is 501 g/mol. The van der Waals surface area contributed by atoms with Crippen molar-refractivity contribution in [1.82, 2.24) is 20.0 Å². The highest BCUT2D eigenvalue weighted by molar-refractivity contribution is 14.0. The highest BCUT2D eigenvalue weighted by Crippen LogP contribution is 2.25. The number of piperazine rings is 1. The number of halogens is 1. The molecule has 31 heavy (non-hydrogen) atoms. The van der Waals surface area contributed by atoms with Gasteiger partial charge in [0.1, 0.15) is 0 Å². The van der Waals surface area contributed by atoms with Crippen LogP contribution in [0.25, 0.3) is 0 Å². The van der Waals surface area contributed by atoms with E-state index in [1.165, 1.54) is 11.1 Å².